The van der Waals surface area contributed by atoms with Crippen LogP contribution in [0.1, 0.15) is 94.7 Å². The lowest BCUT2D eigenvalue weighted by Crippen LogP contribution is -2.19. The van der Waals surface area contributed by atoms with Crippen LogP contribution in [0.3, 0.4) is 0 Å². The van der Waals surface area contributed by atoms with E-state index >= 15 is 0 Å². The van der Waals surface area contributed by atoms with Crippen LogP contribution in [-0.2, 0) is 16.1 Å². The van der Waals surface area contributed by atoms with E-state index in [9.17, 15) is 19.4 Å². The van der Waals surface area contributed by atoms with E-state index in [-0.39, 0.29) is 24.1 Å². The molecule has 0 radical (unpaired) electrons. The third-order valence-corrected chi connectivity index (χ3v) is 5.92. The first-order valence-corrected chi connectivity index (χ1v) is 12.7. The molecule has 198 valence electrons. The van der Waals surface area contributed by atoms with Gasteiger partial charge in [0.1, 0.15) is 5.82 Å². The van der Waals surface area contributed by atoms with Crippen LogP contribution >= 0.6 is 0 Å². The van der Waals surface area contributed by atoms with Gasteiger partial charge >= 0.3 is 5.97 Å². The summed E-state index contributed by atoms with van der Waals surface area (Å²) in [5, 5.41) is 29.3. The standard InChI is InChI=1S/C29H40FNO5/c1-6-7-14-36-17-25-27(20-8-10-21(30)11-9-20)24(28(18(2)3)31-29(25)19(4)5)13-12-22(32)15-23(33)16-26(34)35/h8-13,18-19,22-23,32-33H,6-7,14-17H2,1-5H3,(H,34,35)/b13-12+. The van der Waals surface area contributed by atoms with Crippen molar-refractivity contribution in [3.63, 3.8) is 0 Å². The second-order valence-electron chi connectivity index (χ2n) is 9.79. The van der Waals surface area contributed by atoms with Crippen molar-refractivity contribution in [2.24, 2.45) is 0 Å². The number of unbranched alkanes of at least 4 members (excludes halogenated alkanes) is 1. The fourth-order valence-corrected chi connectivity index (χ4v) is 4.13. The highest BCUT2D eigenvalue weighted by Crippen LogP contribution is 2.38. The maximum atomic E-state index is 13.8. The minimum absolute atomic E-state index is 0.0613. The molecule has 0 spiro atoms. The largest absolute Gasteiger partial charge is 0.481 e. The molecule has 3 N–H and O–H groups in total. The Balaban J connectivity index is 2.68. The van der Waals surface area contributed by atoms with Crippen molar-refractivity contribution in [1.82, 2.24) is 4.98 Å². The molecule has 1 aromatic heterocycles. The van der Waals surface area contributed by atoms with Gasteiger partial charge in [0.25, 0.3) is 0 Å². The molecule has 6 nitrogen and oxygen atoms in total. The Hall–Kier alpha value is -2.61. The van der Waals surface area contributed by atoms with Crippen LogP contribution < -0.4 is 0 Å². The molecule has 1 aromatic carbocycles. The van der Waals surface area contributed by atoms with E-state index in [1.807, 2.05) is 13.8 Å². The average molecular weight is 502 g/mol. The van der Waals surface area contributed by atoms with E-state index in [0.717, 1.165) is 46.5 Å². The summed E-state index contributed by atoms with van der Waals surface area (Å²) in [7, 11) is 0. The van der Waals surface area contributed by atoms with Gasteiger partial charge in [0.05, 0.1) is 30.9 Å². The van der Waals surface area contributed by atoms with Crippen LogP contribution in [0.25, 0.3) is 17.2 Å². The highest BCUT2D eigenvalue weighted by atomic mass is 19.1. The number of rotatable bonds is 14. The predicted molar refractivity (Wildman–Crippen MR) is 140 cm³/mol. The van der Waals surface area contributed by atoms with Crippen LogP contribution in [0.5, 0.6) is 0 Å². The molecular formula is C29H40FNO5. The summed E-state index contributed by atoms with van der Waals surface area (Å²) < 4.78 is 19.9. The van der Waals surface area contributed by atoms with E-state index in [1.165, 1.54) is 12.1 Å². The highest BCUT2D eigenvalue weighted by molar-refractivity contribution is 5.80. The number of carboxylic acids is 1. The molecule has 0 aliphatic rings. The van der Waals surface area contributed by atoms with Crippen molar-refractivity contribution in [2.75, 3.05) is 6.61 Å². The Kier molecular flexibility index (Phi) is 11.7. The molecule has 0 bridgehead atoms. The van der Waals surface area contributed by atoms with Gasteiger partial charge in [-0.15, -0.1) is 0 Å². The number of halogens is 1. The van der Waals surface area contributed by atoms with E-state index in [0.29, 0.717) is 13.2 Å². The molecule has 2 rings (SSSR count). The lowest BCUT2D eigenvalue weighted by atomic mass is 9.87. The molecule has 36 heavy (non-hydrogen) atoms. The Morgan fingerprint density at radius 1 is 1.08 bits per heavy atom. The number of pyridine rings is 1. The number of aliphatic carboxylic acids is 1. The van der Waals surface area contributed by atoms with Crippen LogP contribution in [0.15, 0.2) is 30.3 Å². The molecule has 0 saturated heterocycles. The van der Waals surface area contributed by atoms with Crippen molar-refractivity contribution in [3.8, 4) is 11.1 Å². The number of ether oxygens (including phenoxy) is 1. The van der Waals surface area contributed by atoms with Gasteiger partial charge in [0.2, 0.25) is 0 Å². The van der Waals surface area contributed by atoms with Crippen LogP contribution in [0.4, 0.5) is 4.39 Å². The number of hydrogen-bond acceptors (Lipinski definition) is 5. The van der Waals surface area contributed by atoms with Crippen LogP contribution in [0, 0.1) is 5.82 Å². The van der Waals surface area contributed by atoms with Gasteiger partial charge in [-0.3, -0.25) is 9.78 Å². The highest BCUT2D eigenvalue weighted by Gasteiger charge is 2.23. The zero-order valence-corrected chi connectivity index (χ0v) is 22.0. The molecule has 0 fully saturated rings. The maximum Gasteiger partial charge on any atom is 0.305 e. The topological polar surface area (TPSA) is 99.9 Å². The normalized spacial score (nSPS) is 13.6. The van der Waals surface area contributed by atoms with E-state index < -0.39 is 24.6 Å². The Bertz CT molecular complexity index is 1020. The summed E-state index contributed by atoms with van der Waals surface area (Å²) in [5.41, 5.74) is 5.17. The average Bonchev–Trinajstić information content (AvgIpc) is 2.79. The number of carboxylic acid groups (broad SMARTS) is 1. The quantitative estimate of drug-likeness (QED) is 0.273. The fourth-order valence-electron chi connectivity index (χ4n) is 4.13. The molecule has 1 heterocycles. The number of aliphatic hydroxyl groups is 2. The lowest BCUT2D eigenvalue weighted by Gasteiger charge is -2.24. The van der Waals surface area contributed by atoms with Gasteiger partial charge in [-0.25, -0.2) is 4.39 Å². The van der Waals surface area contributed by atoms with Crippen molar-refractivity contribution >= 4 is 12.0 Å². The molecule has 0 aliphatic carbocycles. The maximum absolute atomic E-state index is 13.8. The third-order valence-electron chi connectivity index (χ3n) is 5.92. The second kappa shape index (κ2) is 14.2. The molecular weight excluding hydrogens is 461 g/mol. The van der Waals surface area contributed by atoms with Gasteiger partial charge in [0, 0.05) is 29.8 Å². The van der Waals surface area contributed by atoms with Gasteiger partial charge in [-0.05, 0) is 41.5 Å². The number of nitrogens with zero attached hydrogens (tertiary/aromatic N) is 1. The number of aliphatic hydroxyl groups excluding tert-OH is 2. The number of hydrogen-bond donors (Lipinski definition) is 3. The first-order valence-electron chi connectivity index (χ1n) is 12.7. The van der Waals surface area contributed by atoms with Crippen LogP contribution in [0.2, 0.25) is 0 Å². The first-order chi connectivity index (χ1) is 17.0. The molecule has 0 aliphatic heterocycles. The summed E-state index contributed by atoms with van der Waals surface area (Å²) in [6.45, 7) is 11.3. The Labute approximate surface area is 213 Å². The minimum atomic E-state index is -1.16. The SMILES string of the molecule is CCCCOCc1c(C(C)C)nc(C(C)C)c(/C=C/C(O)CC(O)CC(=O)O)c1-c1ccc(F)cc1. The number of carbonyl (C=O) groups is 1. The first kappa shape index (κ1) is 29.6. The molecule has 2 atom stereocenters. The molecule has 0 saturated carbocycles. The number of aromatic nitrogens is 1. The predicted octanol–water partition coefficient (Wildman–Crippen LogP) is 6.05. The number of benzene rings is 1. The van der Waals surface area contributed by atoms with Gasteiger partial charge in [-0.1, -0.05) is 65.3 Å². The zero-order chi connectivity index (χ0) is 26.8. The summed E-state index contributed by atoms with van der Waals surface area (Å²) >= 11 is 0. The van der Waals surface area contributed by atoms with Gasteiger partial charge < -0.3 is 20.1 Å². The smallest absolute Gasteiger partial charge is 0.305 e. The van der Waals surface area contributed by atoms with E-state index in [4.69, 9.17) is 14.8 Å². The fraction of sp³-hybridized carbons (Fsp3) is 0.517. The molecule has 2 aromatic rings. The Morgan fingerprint density at radius 3 is 2.28 bits per heavy atom. The Morgan fingerprint density at radius 2 is 1.72 bits per heavy atom. The van der Waals surface area contributed by atoms with Gasteiger partial charge in [-0.2, -0.15) is 0 Å². The van der Waals surface area contributed by atoms with Crippen LogP contribution in [-0.4, -0.2) is 45.1 Å². The third kappa shape index (κ3) is 8.50. The summed E-state index contributed by atoms with van der Waals surface area (Å²) in [6, 6.07) is 6.32. The molecule has 2 unspecified atom stereocenters. The van der Waals surface area contributed by atoms with Gasteiger partial charge in [0.15, 0.2) is 0 Å². The van der Waals surface area contributed by atoms with Crippen molar-refractivity contribution in [2.45, 2.75) is 91.0 Å². The van der Waals surface area contributed by atoms with Crippen molar-refractivity contribution in [3.05, 3.63) is 58.7 Å². The summed E-state index contributed by atoms with van der Waals surface area (Å²) in [5.74, 6) is -1.27. The van der Waals surface area contributed by atoms with E-state index in [1.54, 1.807) is 24.3 Å². The zero-order valence-electron chi connectivity index (χ0n) is 22.0. The summed E-state index contributed by atoms with van der Waals surface area (Å²) in [4.78, 5) is 15.9. The van der Waals surface area contributed by atoms with Crippen molar-refractivity contribution in [1.29, 1.82) is 0 Å². The van der Waals surface area contributed by atoms with Crippen molar-refractivity contribution < 1.29 is 29.2 Å². The molecule has 7 heteroatoms. The lowest BCUT2D eigenvalue weighted by molar-refractivity contribution is -0.139. The molecule has 0 amide bonds. The monoisotopic (exact) mass is 501 g/mol. The minimum Gasteiger partial charge on any atom is -0.481 e. The summed E-state index contributed by atoms with van der Waals surface area (Å²) in [6.07, 6.45) is 2.55. The second-order valence-corrected chi connectivity index (χ2v) is 9.79. The van der Waals surface area contributed by atoms with E-state index in [2.05, 4.69) is 20.8 Å².